The minimum Gasteiger partial charge on any atom is -0.328 e. The van der Waals surface area contributed by atoms with Gasteiger partial charge in [0.25, 0.3) is 5.97 Å². The van der Waals surface area contributed by atoms with Gasteiger partial charge in [-0.25, -0.2) is 0 Å². The van der Waals surface area contributed by atoms with Crippen LogP contribution in [0.4, 0.5) is 0 Å². The van der Waals surface area contributed by atoms with Crippen LogP contribution >= 0.6 is 0 Å². The van der Waals surface area contributed by atoms with Crippen molar-refractivity contribution in [2.75, 3.05) is 19.8 Å². The molecule has 72 valence electrons. The zero-order valence-electron chi connectivity index (χ0n) is 7.97. The molecule has 0 atom stereocenters. The van der Waals surface area contributed by atoms with Gasteiger partial charge in [0, 0.05) is 19.6 Å². The Kier molecular flexibility index (Phi) is 3.98. The second-order valence-electron chi connectivity index (χ2n) is 2.85. The van der Waals surface area contributed by atoms with Crippen LogP contribution in [0.1, 0.15) is 33.1 Å². The first-order valence-electron chi connectivity index (χ1n) is 4.75. The highest BCUT2D eigenvalue weighted by molar-refractivity contribution is 4.63. The number of hydrogen-bond donors (Lipinski definition) is 0. The van der Waals surface area contributed by atoms with E-state index in [0.717, 1.165) is 25.9 Å². The Morgan fingerprint density at radius 2 is 1.83 bits per heavy atom. The Morgan fingerprint density at radius 1 is 1.17 bits per heavy atom. The van der Waals surface area contributed by atoms with Crippen molar-refractivity contribution in [3.05, 3.63) is 0 Å². The zero-order valence-corrected chi connectivity index (χ0v) is 7.97. The Bertz CT molecular complexity index is 103. The number of ether oxygens (including phenoxy) is 3. The lowest BCUT2D eigenvalue weighted by molar-refractivity contribution is -0.390. The fraction of sp³-hybridized carbons (Fsp3) is 1.00. The van der Waals surface area contributed by atoms with Crippen molar-refractivity contribution in [2.45, 2.75) is 39.1 Å². The average molecular weight is 174 g/mol. The van der Waals surface area contributed by atoms with Crippen molar-refractivity contribution in [1.82, 2.24) is 0 Å². The molecule has 0 unspecified atom stereocenters. The van der Waals surface area contributed by atoms with Crippen molar-refractivity contribution in [3.63, 3.8) is 0 Å². The van der Waals surface area contributed by atoms with E-state index in [1.54, 1.807) is 0 Å². The average Bonchev–Trinajstić information content (AvgIpc) is 2.07. The Morgan fingerprint density at radius 3 is 2.25 bits per heavy atom. The van der Waals surface area contributed by atoms with Gasteiger partial charge >= 0.3 is 0 Å². The first-order chi connectivity index (χ1) is 5.83. The number of rotatable bonds is 4. The van der Waals surface area contributed by atoms with Crippen LogP contribution in [0, 0.1) is 0 Å². The summed E-state index contributed by atoms with van der Waals surface area (Å²) in [5, 5.41) is 0. The van der Waals surface area contributed by atoms with Crippen LogP contribution in [0.5, 0.6) is 0 Å². The normalized spacial score (nSPS) is 22.5. The van der Waals surface area contributed by atoms with Crippen LogP contribution in [0.25, 0.3) is 0 Å². The summed E-state index contributed by atoms with van der Waals surface area (Å²) >= 11 is 0. The quantitative estimate of drug-likeness (QED) is 0.609. The fourth-order valence-corrected chi connectivity index (χ4v) is 1.45. The smallest absolute Gasteiger partial charge is 0.282 e. The molecule has 1 fully saturated rings. The Balaban J connectivity index is 2.44. The van der Waals surface area contributed by atoms with Gasteiger partial charge in [0.2, 0.25) is 0 Å². The van der Waals surface area contributed by atoms with E-state index >= 15 is 0 Å². The molecule has 1 aliphatic heterocycles. The molecule has 1 saturated heterocycles. The molecule has 0 aliphatic carbocycles. The van der Waals surface area contributed by atoms with Gasteiger partial charge in [0.1, 0.15) is 0 Å². The van der Waals surface area contributed by atoms with Gasteiger partial charge in [-0.05, 0) is 26.7 Å². The summed E-state index contributed by atoms with van der Waals surface area (Å²) < 4.78 is 16.4. The summed E-state index contributed by atoms with van der Waals surface area (Å²) in [4.78, 5) is 0. The largest absolute Gasteiger partial charge is 0.328 e. The van der Waals surface area contributed by atoms with E-state index in [0.29, 0.717) is 13.2 Å². The highest BCUT2D eigenvalue weighted by atomic mass is 16.9. The maximum Gasteiger partial charge on any atom is 0.282 e. The SMILES string of the molecule is CCOC1(OCC)CCCCO1. The second-order valence-corrected chi connectivity index (χ2v) is 2.85. The van der Waals surface area contributed by atoms with Gasteiger partial charge in [-0.15, -0.1) is 0 Å². The molecule has 0 saturated carbocycles. The van der Waals surface area contributed by atoms with Gasteiger partial charge in [-0.2, -0.15) is 0 Å². The molecule has 0 aromatic rings. The summed E-state index contributed by atoms with van der Waals surface area (Å²) in [6.07, 6.45) is 3.09. The van der Waals surface area contributed by atoms with Crippen molar-refractivity contribution < 1.29 is 14.2 Å². The molecule has 12 heavy (non-hydrogen) atoms. The predicted octanol–water partition coefficient (Wildman–Crippen LogP) is 1.91. The lowest BCUT2D eigenvalue weighted by atomic mass is 10.2. The molecule has 3 heteroatoms. The molecule has 0 radical (unpaired) electrons. The summed E-state index contributed by atoms with van der Waals surface area (Å²) in [7, 11) is 0. The minimum atomic E-state index is -0.720. The molecule has 0 aromatic heterocycles. The van der Waals surface area contributed by atoms with E-state index < -0.39 is 5.97 Å². The summed E-state index contributed by atoms with van der Waals surface area (Å²) in [6, 6.07) is 0. The highest BCUT2D eigenvalue weighted by Crippen LogP contribution is 2.27. The highest BCUT2D eigenvalue weighted by Gasteiger charge is 2.34. The number of hydrogen-bond acceptors (Lipinski definition) is 3. The summed E-state index contributed by atoms with van der Waals surface area (Å²) in [5.41, 5.74) is 0. The predicted molar refractivity (Wildman–Crippen MR) is 45.8 cm³/mol. The summed E-state index contributed by atoms with van der Waals surface area (Å²) in [6.45, 7) is 5.94. The van der Waals surface area contributed by atoms with Crippen molar-refractivity contribution in [2.24, 2.45) is 0 Å². The monoisotopic (exact) mass is 174 g/mol. The van der Waals surface area contributed by atoms with E-state index in [-0.39, 0.29) is 0 Å². The van der Waals surface area contributed by atoms with E-state index in [1.165, 1.54) is 0 Å². The third-order valence-corrected chi connectivity index (χ3v) is 1.93. The van der Waals surface area contributed by atoms with Gasteiger partial charge in [-0.1, -0.05) is 0 Å². The molecule has 0 N–H and O–H groups in total. The van der Waals surface area contributed by atoms with Crippen LogP contribution in [-0.2, 0) is 14.2 Å². The van der Waals surface area contributed by atoms with E-state index in [2.05, 4.69) is 0 Å². The fourth-order valence-electron chi connectivity index (χ4n) is 1.45. The lowest BCUT2D eigenvalue weighted by Crippen LogP contribution is -2.42. The maximum atomic E-state index is 5.50. The molecule has 0 bridgehead atoms. The molecule has 1 heterocycles. The molecular weight excluding hydrogens is 156 g/mol. The van der Waals surface area contributed by atoms with E-state index in [9.17, 15) is 0 Å². The topological polar surface area (TPSA) is 27.7 Å². The molecule has 0 spiro atoms. The van der Waals surface area contributed by atoms with E-state index in [4.69, 9.17) is 14.2 Å². The molecule has 1 rings (SSSR count). The van der Waals surface area contributed by atoms with E-state index in [1.807, 2.05) is 13.8 Å². The van der Waals surface area contributed by atoms with Crippen LogP contribution in [0.2, 0.25) is 0 Å². The molecule has 0 amide bonds. The van der Waals surface area contributed by atoms with Crippen LogP contribution < -0.4 is 0 Å². The Hall–Kier alpha value is -0.120. The molecular formula is C9H18O3. The van der Waals surface area contributed by atoms with Gasteiger partial charge < -0.3 is 14.2 Å². The van der Waals surface area contributed by atoms with Crippen LogP contribution in [-0.4, -0.2) is 25.8 Å². The third kappa shape index (κ3) is 2.44. The zero-order chi connectivity index (χ0) is 8.86. The maximum absolute atomic E-state index is 5.50. The minimum absolute atomic E-state index is 0.639. The van der Waals surface area contributed by atoms with Crippen LogP contribution in [0.3, 0.4) is 0 Å². The van der Waals surface area contributed by atoms with Gasteiger partial charge in [0.15, 0.2) is 0 Å². The van der Waals surface area contributed by atoms with Gasteiger partial charge in [-0.3, -0.25) is 0 Å². The van der Waals surface area contributed by atoms with Crippen molar-refractivity contribution in [1.29, 1.82) is 0 Å². The standard InChI is InChI=1S/C9H18O3/c1-3-10-9(11-4-2)7-5-6-8-12-9/h3-8H2,1-2H3. The first kappa shape index (κ1) is 9.96. The molecule has 0 aromatic carbocycles. The van der Waals surface area contributed by atoms with Crippen LogP contribution in [0.15, 0.2) is 0 Å². The summed E-state index contributed by atoms with van der Waals surface area (Å²) in [5.74, 6) is -0.720. The lowest BCUT2D eigenvalue weighted by Gasteiger charge is -2.35. The van der Waals surface area contributed by atoms with Crippen molar-refractivity contribution in [3.8, 4) is 0 Å². The third-order valence-electron chi connectivity index (χ3n) is 1.93. The second kappa shape index (κ2) is 4.80. The molecule has 1 aliphatic rings. The van der Waals surface area contributed by atoms with Gasteiger partial charge in [0.05, 0.1) is 6.61 Å². The molecule has 3 nitrogen and oxygen atoms in total. The Labute approximate surface area is 74.0 Å². The van der Waals surface area contributed by atoms with Crippen molar-refractivity contribution >= 4 is 0 Å². The first-order valence-corrected chi connectivity index (χ1v) is 4.75.